The summed E-state index contributed by atoms with van der Waals surface area (Å²) in [6.45, 7) is 3.78. The van der Waals surface area contributed by atoms with Crippen LogP contribution >= 0.6 is 11.8 Å². The van der Waals surface area contributed by atoms with Crippen molar-refractivity contribution in [2.24, 2.45) is 0 Å². The summed E-state index contributed by atoms with van der Waals surface area (Å²) in [6.07, 6.45) is -0.597. The zero-order chi connectivity index (χ0) is 16.9. The minimum absolute atomic E-state index is 0.0715. The maximum Gasteiger partial charge on any atom is 0.205 e. The van der Waals surface area contributed by atoms with Crippen LogP contribution in [0, 0.1) is 0 Å². The minimum atomic E-state index is -1.54. The Labute approximate surface area is 141 Å². The molecule has 0 bridgehead atoms. The van der Waals surface area contributed by atoms with Crippen LogP contribution in [-0.2, 0) is 25.6 Å². The fourth-order valence-corrected chi connectivity index (χ4v) is 3.39. The summed E-state index contributed by atoms with van der Waals surface area (Å²) in [5.41, 5.74) is 1.00. The molecule has 5 nitrogen and oxygen atoms in total. The lowest BCUT2D eigenvalue weighted by molar-refractivity contribution is -0.224. The lowest BCUT2D eigenvalue weighted by Gasteiger charge is -2.29. The van der Waals surface area contributed by atoms with Crippen molar-refractivity contribution in [1.29, 1.82) is 0 Å². The topological polar surface area (TPSA) is 65.0 Å². The van der Waals surface area contributed by atoms with E-state index < -0.39 is 11.9 Å². The molecule has 0 aliphatic carbocycles. The zero-order valence-electron chi connectivity index (χ0n) is 13.7. The molecule has 1 aromatic carbocycles. The Morgan fingerprint density at radius 1 is 1.39 bits per heavy atom. The Kier molecular flexibility index (Phi) is 6.61. The molecule has 1 aromatic rings. The van der Waals surface area contributed by atoms with Gasteiger partial charge in [0.1, 0.15) is 12.2 Å². The average molecular weight is 340 g/mol. The lowest BCUT2D eigenvalue weighted by atomic mass is 10.0. The molecule has 1 fully saturated rings. The smallest absolute Gasteiger partial charge is 0.205 e. The van der Waals surface area contributed by atoms with Crippen molar-refractivity contribution in [3.8, 4) is 0 Å². The van der Waals surface area contributed by atoms with E-state index in [1.54, 1.807) is 7.11 Å². The highest BCUT2D eigenvalue weighted by molar-refractivity contribution is 8.13. The summed E-state index contributed by atoms with van der Waals surface area (Å²) in [5, 5.41) is 10.8. The zero-order valence-corrected chi connectivity index (χ0v) is 14.5. The number of hydrogen-bond acceptors (Lipinski definition) is 6. The van der Waals surface area contributed by atoms with E-state index in [0.29, 0.717) is 13.0 Å². The standard InChI is InChI=1S/C17H24O5S/c1-4-14-15(20-3)16(17(19,22-14)11-23-12(2)18)21-10-13-8-6-5-7-9-13/h5-9,14-16,19H,4,10-11H2,1-3H3/t14-,15-,16-,17?/m1/s1. The van der Waals surface area contributed by atoms with Gasteiger partial charge in [0.15, 0.2) is 5.12 Å². The van der Waals surface area contributed by atoms with E-state index in [1.165, 1.54) is 6.92 Å². The van der Waals surface area contributed by atoms with E-state index in [2.05, 4.69) is 0 Å². The Morgan fingerprint density at radius 2 is 2.09 bits per heavy atom. The molecule has 23 heavy (non-hydrogen) atoms. The molecule has 1 N–H and O–H groups in total. The average Bonchev–Trinajstić information content (AvgIpc) is 2.84. The molecule has 4 atom stereocenters. The Balaban J connectivity index is 2.12. The maximum absolute atomic E-state index is 11.3. The van der Waals surface area contributed by atoms with Gasteiger partial charge in [0.2, 0.25) is 5.79 Å². The highest BCUT2D eigenvalue weighted by Crippen LogP contribution is 2.37. The van der Waals surface area contributed by atoms with Crippen LogP contribution in [-0.4, -0.2) is 47.2 Å². The molecule has 0 radical (unpaired) electrons. The van der Waals surface area contributed by atoms with Gasteiger partial charge in [-0.25, -0.2) is 0 Å². The summed E-state index contributed by atoms with van der Waals surface area (Å²) in [4.78, 5) is 11.3. The molecule has 1 aliphatic heterocycles. The highest BCUT2D eigenvalue weighted by atomic mass is 32.2. The molecule has 1 heterocycles. The van der Waals surface area contributed by atoms with Crippen LogP contribution in [0.1, 0.15) is 25.8 Å². The second-order valence-corrected chi connectivity index (χ2v) is 6.76. The first kappa shape index (κ1) is 18.4. The molecular formula is C17H24O5S. The number of rotatable bonds is 7. The molecule has 2 rings (SSSR count). The molecule has 128 valence electrons. The second kappa shape index (κ2) is 8.26. The van der Waals surface area contributed by atoms with Crippen molar-refractivity contribution < 1.29 is 24.1 Å². The predicted molar refractivity (Wildman–Crippen MR) is 89.1 cm³/mol. The minimum Gasteiger partial charge on any atom is -0.376 e. The van der Waals surface area contributed by atoms with Crippen LogP contribution in [0.5, 0.6) is 0 Å². The van der Waals surface area contributed by atoms with Gasteiger partial charge in [0.25, 0.3) is 0 Å². The van der Waals surface area contributed by atoms with Gasteiger partial charge in [-0.2, -0.15) is 0 Å². The van der Waals surface area contributed by atoms with E-state index in [4.69, 9.17) is 14.2 Å². The quantitative estimate of drug-likeness (QED) is 0.822. The summed E-state index contributed by atoms with van der Waals surface area (Å²) in [7, 11) is 1.58. The third-order valence-corrected chi connectivity index (χ3v) is 4.86. The van der Waals surface area contributed by atoms with Crippen molar-refractivity contribution >= 4 is 16.9 Å². The van der Waals surface area contributed by atoms with Gasteiger partial charge >= 0.3 is 0 Å². The number of hydrogen-bond donors (Lipinski definition) is 1. The summed E-state index contributed by atoms with van der Waals surface area (Å²) in [5.74, 6) is -1.41. The number of methoxy groups -OCH3 is 1. The molecule has 0 saturated carbocycles. The Morgan fingerprint density at radius 3 is 2.65 bits per heavy atom. The normalized spacial score (nSPS) is 30.5. The molecule has 1 aliphatic rings. The second-order valence-electron chi connectivity index (χ2n) is 5.61. The van der Waals surface area contributed by atoms with Gasteiger partial charge in [-0.1, -0.05) is 49.0 Å². The van der Waals surface area contributed by atoms with Crippen molar-refractivity contribution in [2.45, 2.75) is 51.0 Å². The third kappa shape index (κ3) is 4.55. The first-order chi connectivity index (χ1) is 11.0. The number of carbonyl (C=O) groups is 1. The Hall–Kier alpha value is -0.920. The summed E-state index contributed by atoms with van der Waals surface area (Å²) >= 11 is 1.03. The van der Waals surface area contributed by atoms with Gasteiger partial charge in [-0.15, -0.1) is 0 Å². The van der Waals surface area contributed by atoms with Crippen molar-refractivity contribution in [3.05, 3.63) is 35.9 Å². The first-order valence-corrected chi connectivity index (χ1v) is 8.70. The SMILES string of the molecule is CC[C@H]1OC(O)(CSC(C)=O)[C@H](OCc2ccccc2)[C@@H]1OC. The van der Waals surface area contributed by atoms with E-state index in [1.807, 2.05) is 37.3 Å². The van der Waals surface area contributed by atoms with Crippen molar-refractivity contribution in [3.63, 3.8) is 0 Å². The Bertz CT molecular complexity index is 509. The van der Waals surface area contributed by atoms with Crippen LogP contribution in [0.15, 0.2) is 30.3 Å². The summed E-state index contributed by atoms with van der Waals surface area (Å²) < 4.78 is 17.2. The van der Waals surface area contributed by atoms with Gasteiger partial charge in [0, 0.05) is 14.0 Å². The number of benzene rings is 1. The summed E-state index contributed by atoms with van der Waals surface area (Å²) in [6, 6.07) is 9.72. The first-order valence-electron chi connectivity index (χ1n) is 7.72. The molecule has 1 unspecified atom stereocenters. The molecule has 0 aromatic heterocycles. The number of thioether (sulfide) groups is 1. The lowest BCUT2D eigenvalue weighted by Crippen LogP contribution is -2.47. The van der Waals surface area contributed by atoms with Crippen LogP contribution < -0.4 is 0 Å². The van der Waals surface area contributed by atoms with Gasteiger partial charge in [-0.3, -0.25) is 4.79 Å². The predicted octanol–water partition coefficient (Wildman–Crippen LogP) is 2.36. The molecule has 0 amide bonds. The maximum atomic E-state index is 11.3. The number of carbonyl (C=O) groups excluding carboxylic acids is 1. The van der Waals surface area contributed by atoms with E-state index in [9.17, 15) is 9.90 Å². The highest BCUT2D eigenvalue weighted by Gasteiger charge is 2.55. The van der Waals surface area contributed by atoms with Crippen LogP contribution in [0.4, 0.5) is 0 Å². The van der Waals surface area contributed by atoms with Crippen LogP contribution in [0.25, 0.3) is 0 Å². The van der Waals surface area contributed by atoms with Crippen molar-refractivity contribution in [2.75, 3.05) is 12.9 Å². The third-order valence-electron chi connectivity index (χ3n) is 3.89. The largest absolute Gasteiger partial charge is 0.376 e. The fraction of sp³-hybridized carbons (Fsp3) is 0.588. The molecule has 0 spiro atoms. The fourth-order valence-electron chi connectivity index (χ4n) is 2.75. The molecule has 6 heteroatoms. The van der Waals surface area contributed by atoms with E-state index >= 15 is 0 Å². The van der Waals surface area contributed by atoms with Gasteiger partial charge < -0.3 is 19.3 Å². The molecule has 1 saturated heterocycles. The van der Waals surface area contributed by atoms with Crippen molar-refractivity contribution in [1.82, 2.24) is 0 Å². The van der Waals surface area contributed by atoms with Crippen LogP contribution in [0.3, 0.4) is 0 Å². The monoisotopic (exact) mass is 340 g/mol. The number of ether oxygens (including phenoxy) is 3. The van der Waals surface area contributed by atoms with E-state index in [0.717, 1.165) is 17.3 Å². The van der Waals surface area contributed by atoms with Gasteiger partial charge in [0.05, 0.1) is 18.5 Å². The number of aliphatic hydroxyl groups is 1. The van der Waals surface area contributed by atoms with E-state index in [-0.39, 0.29) is 23.1 Å². The van der Waals surface area contributed by atoms with Crippen LogP contribution in [0.2, 0.25) is 0 Å². The van der Waals surface area contributed by atoms with Gasteiger partial charge in [-0.05, 0) is 12.0 Å². The molecular weight excluding hydrogens is 316 g/mol.